The van der Waals surface area contributed by atoms with E-state index in [1.54, 1.807) is 0 Å². The Balaban J connectivity index is 5.25. The molecule has 0 aromatic carbocycles. The maximum Gasteiger partial charge on any atom is 0.472 e. The van der Waals surface area contributed by atoms with Gasteiger partial charge in [-0.25, -0.2) is 9.13 Å². The zero-order valence-electron chi connectivity index (χ0n) is 60.9. The molecule has 0 heterocycles. The molecule has 3 N–H and O–H groups in total. The second-order valence-corrected chi connectivity index (χ2v) is 31.0. The van der Waals surface area contributed by atoms with Gasteiger partial charge in [-0.15, -0.1) is 0 Å². The molecule has 0 rings (SSSR count). The number of aliphatic hydroxyl groups is 1. The fraction of sp³-hybridized carbons (Fsp3) is 0.946. The molecule has 0 spiro atoms. The van der Waals surface area contributed by atoms with Gasteiger partial charge in [-0.2, -0.15) is 0 Å². The second-order valence-electron chi connectivity index (χ2n) is 28.1. The van der Waals surface area contributed by atoms with E-state index < -0.39 is 97.5 Å². The van der Waals surface area contributed by atoms with Crippen LogP contribution in [0.2, 0.25) is 0 Å². The Morgan fingerprint density at radius 2 is 0.516 bits per heavy atom. The fourth-order valence-corrected chi connectivity index (χ4v) is 12.7. The standard InChI is InChI=1S/C74H144O17P2/c1-9-66(7)52-44-36-28-24-25-31-41-49-57-74(79)91-70(61-85-72(77)55-47-39-33-32-37-45-53-67(8)10-2)63-89-93(82,83)87-59-68(75)58-86-92(80,81)88-62-69(60-84-71(76)54-46-38-29-22-19-18-21-27-35-43-51-65(5)6)90-73(78)56-48-40-30-23-17-15-13-11-12-14-16-20-26-34-42-50-64(3)4/h64-70,75H,9-63H2,1-8H3,(H,80,81)(H,82,83)/t66?,67?,68-,69-,70-/m1/s1. The molecule has 7 atom stereocenters. The van der Waals surface area contributed by atoms with Crippen molar-refractivity contribution in [2.45, 2.75) is 388 Å². The quantitative estimate of drug-likeness (QED) is 0.0222. The van der Waals surface area contributed by atoms with Crippen molar-refractivity contribution in [3.05, 3.63) is 0 Å². The normalized spacial score (nSPS) is 14.8. The third-order valence-corrected chi connectivity index (χ3v) is 19.7. The molecule has 552 valence electrons. The minimum atomic E-state index is -4.96. The van der Waals surface area contributed by atoms with Gasteiger partial charge in [0.05, 0.1) is 26.4 Å². The molecule has 0 aliphatic rings. The van der Waals surface area contributed by atoms with Gasteiger partial charge < -0.3 is 33.8 Å². The van der Waals surface area contributed by atoms with Crippen molar-refractivity contribution < 1.29 is 80.2 Å². The molecule has 0 saturated carbocycles. The molecule has 0 radical (unpaired) electrons. The lowest BCUT2D eigenvalue weighted by Gasteiger charge is -2.21. The summed E-state index contributed by atoms with van der Waals surface area (Å²) in [4.78, 5) is 72.7. The second kappa shape index (κ2) is 63.5. The molecular formula is C74H144O17P2. The van der Waals surface area contributed by atoms with E-state index in [0.717, 1.165) is 120 Å². The maximum absolute atomic E-state index is 13.1. The molecule has 0 aromatic rings. The Labute approximate surface area is 568 Å². The summed E-state index contributed by atoms with van der Waals surface area (Å²) in [5, 5.41) is 10.6. The highest BCUT2D eigenvalue weighted by molar-refractivity contribution is 7.47. The van der Waals surface area contributed by atoms with Crippen molar-refractivity contribution in [1.82, 2.24) is 0 Å². The summed E-state index contributed by atoms with van der Waals surface area (Å²) in [6.45, 7) is 14.2. The minimum absolute atomic E-state index is 0.104. The highest BCUT2D eigenvalue weighted by Gasteiger charge is 2.30. The van der Waals surface area contributed by atoms with Gasteiger partial charge in [0.25, 0.3) is 0 Å². The number of unbranched alkanes of at least 4 members (excludes halogenated alkanes) is 35. The number of ether oxygens (including phenoxy) is 4. The largest absolute Gasteiger partial charge is 0.472 e. The first kappa shape index (κ1) is 91.1. The van der Waals surface area contributed by atoms with Crippen LogP contribution >= 0.6 is 15.6 Å². The molecule has 0 aromatic heterocycles. The SMILES string of the molecule is CCC(C)CCCCCCCCCCC(=O)O[C@H](COC(=O)CCCCCCCCC(C)CC)COP(=O)(O)OC[C@H](O)COP(=O)(O)OC[C@@H](COC(=O)CCCCCCCCCCCCC(C)C)OC(=O)CCCCCCCCCCCCCCCCCC(C)C. The van der Waals surface area contributed by atoms with Crippen LogP contribution in [0.4, 0.5) is 0 Å². The van der Waals surface area contributed by atoms with E-state index in [1.165, 1.54) is 167 Å². The van der Waals surface area contributed by atoms with E-state index in [9.17, 15) is 43.2 Å². The van der Waals surface area contributed by atoms with Crippen molar-refractivity contribution in [2.24, 2.45) is 23.7 Å². The highest BCUT2D eigenvalue weighted by Crippen LogP contribution is 2.45. The molecule has 0 bridgehead atoms. The van der Waals surface area contributed by atoms with Gasteiger partial charge >= 0.3 is 39.5 Å². The summed E-state index contributed by atoms with van der Waals surface area (Å²) in [5.74, 6) is 0.936. The number of hydrogen-bond donors (Lipinski definition) is 3. The van der Waals surface area contributed by atoms with Crippen molar-refractivity contribution in [3.63, 3.8) is 0 Å². The maximum atomic E-state index is 13.1. The monoisotopic (exact) mass is 1370 g/mol. The van der Waals surface area contributed by atoms with Crippen LogP contribution in [0.15, 0.2) is 0 Å². The van der Waals surface area contributed by atoms with Crippen molar-refractivity contribution >= 4 is 39.5 Å². The van der Waals surface area contributed by atoms with Gasteiger partial charge in [0, 0.05) is 25.7 Å². The van der Waals surface area contributed by atoms with E-state index in [4.69, 9.17) is 37.0 Å². The van der Waals surface area contributed by atoms with E-state index in [2.05, 4.69) is 55.4 Å². The van der Waals surface area contributed by atoms with Crippen molar-refractivity contribution in [2.75, 3.05) is 39.6 Å². The molecule has 93 heavy (non-hydrogen) atoms. The highest BCUT2D eigenvalue weighted by atomic mass is 31.2. The van der Waals surface area contributed by atoms with Gasteiger partial charge in [-0.3, -0.25) is 37.3 Å². The minimum Gasteiger partial charge on any atom is -0.462 e. The fourth-order valence-electron chi connectivity index (χ4n) is 11.1. The van der Waals surface area contributed by atoms with Crippen LogP contribution in [0, 0.1) is 23.7 Å². The molecule has 19 heteroatoms. The molecule has 0 amide bonds. The van der Waals surface area contributed by atoms with Crippen LogP contribution in [0.3, 0.4) is 0 Å². The first-order chi connectivity index (χ1) is 44.7. The topological polar surface area (TPSA) is 237 Å². The Bertz CT molecular complexity index is 1840. The van der Waals surface area contributed by atoms with Crippen LogP contribution in [0.25, 0.3) is 0 Å². The van der Waals surface area contributed by atoms with Gasteiger partial charge in [0.1, 0.15) is 19.3 Å². The van der Waals surface area contributed by atoms with E-state index in [1.807, 2.05) is 0 Å². The number of phosphoric acid groups is 2. The summed E-state index contributed by atoms with van der Waals surface area (Å²) in [7, 11) is -9.91. The predicted octanol–water partition coefficient (Wildman–Crippen LogP) is 21.3. The van der Waals surface area contributed by atoms with Gasteiger partial charge in [-0.1, -0.05) is 319 Å². The van der Waals surface area contributed by atoms with Gasteiger partial charge in [0.15, 0.2) is 12.2 Å². The summed E-state index contributed by atoms with van der Waals surface area (Å²) in [5.41, 5.74) is 0. The lowest BCUT2D eigenvalue weighted by atomic mass is 9.99. The van der Waals surface area contributed by atoms with Crippen LogP contribution in [0.1, 0.15) is 370 Å². The average Bonchev–Trinajstić information content (AvgIpc) is 2.44. The van der Waals surface area contributed by atoms with Crippen LogP contribution < -0.4 is 0 Å². The zero-order valence-corrected chi connectivity index (χ0v) is 62.7. The smallest absolute Gasteiger partial charge is 0.462 e. The molecule has 17 nitrogen and oxygen atoms in total. The predicted molar refractivity (Wildman–Crippen MR) is 377 cm³/mol. The number of hydrogen-bond acceptors (Lipinski definition) is 15. The lowest BCUT2D eigenvalue weighted by Crippen LogP contribution is -2.30. The summed E-state index contributed by atoms with van der Waals surface area (Å²) >= 11 is 0. The summed E-state index contributed by atoms with van der Waals surface area (Å²) < 4.78 is 68.4. The van der Waals surface area contributed by atoms with Crippen LogP contribution in [-0.4, -0.2) is 96.7 Å². The number of esters is 4. The van der Waals surface area contributed by atoms with Crippen LogP contribution in [0.5, 0.6) is 0 Å². The van der Waals surface area contributed by atoms with E-state index >= 15 is 0 Å². The first-order valence-electron chi connectivity index (χ1n) is 38.3. The average molecular weight is 1370 g/mol. The first-order valence-corrected chi connectivity index (χ1v) is 41.3. The molecule has 0 aliphatic carbocycles. The number of carbonyl (C=O) groups is 4. The number of rotatable bonds is 71. The zero-order chi connectivity index (χ0) is 68.9. The summed E-state index contributed by atoms with van der Waals surface area (Å²) in [6.07, 6.45) is 47.2. The van der Waals surface area contributed by atoms with E-state index in [0.29, 0.717) is 25.7 Å². The Morgan fingerprint density at radius 3 is 0.763 bits per heavy atom. The number of carbonyl (C=O) groups excluding carboxylic acids is 4. The molecule has 0 saturated heterocycles. The number of aliphatic hydroxyl groups excluding tert-OH is 1. The molecule has 0 aliphatic heterocycles. The number of phosphoric ester groups is 2. The summed E-state index contributed by atoms with van der Waals surface area (Å²) in [6, 6.07) is 0. The van der Waals surface area contributed by atoms with Crippen molar-refractivity contribution in [3.8, 4) is 0 Å². The van der Waals surface area contributed by atoms with E-state index in [-0.39, 0.29) is 25.7 Å². The lowest BCUT2D eigenvalue weighted by molar-refractivity contribution is -0.161. The molecule has 4 unspecified atom stereocenters. The van der Waals surface area contributed by atoms with Crippen molar-refractivity contribution in [1.29, 1.82) is 0 Å². The molecular weight excluding hydrogens is 1220 g/mol. The van der Waals surface area contributed by atoms with Gasteiger partial charge in [0.2, 0.25) is 0 Å². The molecule has 0 fully saturated rings. The third kappa shape index (κ3) is 65.8. The Hall–Kier alpha value is -1.94. The Kier molecular flexibility index (Phi) is 62.2. The Morgan fingerprint density at radius 1 is 0.301 bits per heavy atom. The third-order valence-electron chi connectivity index (χ3n) is 17.8. The van der Waals surface area contributed by atoms with Crippen LogP contribution in [-0.2, 0) is 65.4 Å². The van der Waals surface area contributed by atoms with Gasteiger partial charge in [-0.05, 0) is 49.4 Å².